The van der Waals surface area contributed by atoms with Crippen molar-refractivity contribution in [3.05, 3.63) is 57.8 Å². The molecule has 2 aromatic rings. The number of hydrogen-bond donors (Lipinski definition) is 1. The lowest BCUT2D eigenvalue weighted by molar-refractivity contribution is 0.322. The van der Waals surface area contributed by atoms with Gasteiger partial charge in [0.15, 0.2) is 0 Å². The number of rotatable bonds is 6. The molecule has 1 N–H and O–H groups in total. The first-order valence-electron chi connectivity index (χ1n) is 7.46. The lowest BCUT2D eigenvalue weighted by atomic mass is 10.1. The quantitative estimate of drug-likeness (QED) is 0.857. The van der Waals surface area contributed by atoms with Crippen LogP contribution in [0.15, 0.2) is 41.8 Å². The van der Waals surface area contributed by atoms with Gasteiger partial charge in [0.05, 0.1) is 0 Å². The largest absolute Gasteiger partial charge is 0.308 e. The van der Waals surface area contributed by atoms with E-state index < -0.39 is 0 Å². The summed E-state index contributed by atoms with van der Waals surface area (Å²) in [6, 6.07) is 13.2. The first kappa shape index (κ1) is 16.2. The summed E-state index contributed by atoms with van der Waals surface area (Å²) in [4.78, 5) is 3.78. The van der Waals surface area contributed by atoms with Crippen molar-refractivity contribution in [1.29, 1.82) is 0 Å². The maximum Gasteiger partial charge on any atom is 0.0328 e. The van der Waals surface area contributed by atoms with Crippen molar-refractivity contribution in [1.82, 2.24) is 10.2 Å². The summed E-state index contributed by atoms with van der Waals surface area (Å²) >= 11 is 1.82. The molecule has 0 amide bonds. The molecule has 2 rings (SSSR count). The van der Waals surface area contributed by atoms with Gasteiger partial charge in [0.25, 0.3) is 0 Å². The lowest BCUT2D eigenvalue weighted by Crippen LogP contribution is -2.35. The minimum absolute atomic E-state index is 0.159. The van der Waals surface area contributed by atoms with Crippen molar-refractivity contribution in [3.63, 3.8) is 0 Å². The summed E-state index contributed by atoms with van der Waals surface area (Å²) in [5.74, 6) is 0. The van der Waals surface area contributed by atoms with E-state index in [0.717, 1.165) is 19.6 Å². The van der Waals surface area contributed by atoms with Crippen molar-refractivity contribution < 1.29 is 0 Å². The molecule has 0 radical (unpaired) electrons. The first-order valence-corrected chi connectivity index (χ1v) is 8.34. The van der Waals surface area contributed by atoms with Gasteiger partial charge in [-0.1, -0.05) is 30.3 Å². The standard InChI is InChI=1S/C18H26N2S/c1-18(2,3)19-12-15-7-5-8-16(11-15)13-20(4)14-17-9-6-10-21-17/h5-11,19H,12-14H2,1-4H3. The third-order valence-electron chi connectivity index (χ3n) is 3.27. The highest BCUT2D eigenvalue weighted by molar-refractivity contribution is 7.09. The van der Waals surface area contributed by atoms with Crippen molar-refractivity contribution in [2.45, 2.75) is 45.9 Å². The van der Waals surface area contributed by atoms with Crippen LogP contribution >= 0.6 is 11.3 Å². The van der Waals surface area contributed by atoms with Crippen LogP contribution < -0.4 is 5.32 Å². The SMILES string of the molecule is CN(Cc1cccc(CNC(C)(C)C)c1)Cc1cccs1. The molecule has 0 atom stereocenters. The average molecular weight is 302 g/mol. The molecule has 0 aliphatic heterocycles. The zero-order valence-electron chi connectivity index (χ0n) is 13.5. The van der Waals surface area contributed by atoms with Crippen LogP contribution in [0.4, 0.5) is 0 Å². The molecule has 0 aliphatic rings. The molecule has 2 nitrogen and oxygen atoms in total. The molecule has 1 aromatic heterocycles. The van der Waals surface area contributed by atoms with Gasteiger partial charge in [-0.05, 0) is 50.4 Å². The van der Waals surface area contributed by atoms with Crippen molar-refractivity contribution >= 4 is 11.3 Å². The normalized spacial score (nSPS) is 12.0. The Kier molecular flexibility index (Phi) is 5.57. The highest BCUT2D eigenvalue weighted by Gasteiger charge is 2.09. The summed E-state index contributed by atoms with van der Waals surface area (Å²) in [6.07, 6.45) is 0. The molecule has 1 aromatic carbocycles. The van der Waals surface area contributed by atoms with Crippen LogP contribution in [-0.4, -0.2) is 17.5 Å². The lowest BCUT2D eigenvalue weighted by Gasteiger charge is -2.21. The molecule has 3 heteroatoms. The number of benzene rings is 1. The highest BCUT2D eigenvalue weighted by Crippen LogP contribution is 2.14. The molecular formula is C18H26N2S. The van der Waals surface area contributed by atoms with E-state index in [1.807, 2.05) is 11.3 Å². The Morgan fingerprint density at radius 2 is 1.81 bits per heavy atom. The molecule has 0 unspecified atom stereocenters. The van der Waals surface area contributed by atoms with Gasteiger partial charge in [0.1, 0.15) is 0 Å². The Morgan fingerprint density at radius 1 is 1.05 bits per heavy atom. The molecular weight excluding hydrogens is 276 g/mol. The summed E-state index contributed by atoms with van der Waals surface area (Å²) in [7, 11) is 2.18. The fourth-order valence-electron chi connectivity index (χ4n) is 2.24. The summed E-state index contributed by atoms with van der Waals surface area (Å²) in [6.45, 7) is 9.53. The molecule has 1 heterocycles. The number of nitrogens with one attached hydrogen (secondary N) is 1. The van der Waals surface area contributed by atoms with Gasteiger partial charge in [-0.2, -0.15) is 0 Å². The van der Waals surface area contributed by atoms with E-state index in [9.17, 15) is 0 Å². The smallest absolute Gasteiger partial charge is 0.0328 e. The number of thiophene rings is 1. The van der Waals surface area contributed by atoms with Gasteiger partial charge in [0.2, 0.25) is 0 Å². The fraction of sp³-hybridized carbons (Fsp3) is 0.444. The van der Waals surface area contributed by atoms with Gasteiger partial charge >= 0.3 is 0 Å². The maximum atomic E-state index is 3.54. The zero-order chi connectivity index (χ0) is 15.3. The Bertz CT molecular complexity index is 541. The first-order chi connectivity index (χ1) is 9.92. The third kappa shape index (κ3) is 6.00. The minimum atomic E-state index is 0.159. The molecule has 0 aliphatic carbocycles. The minimum Gasteiger partial charge on any atom is -0.308 e. The van der Waals surface area contributed by atoms with Gasteiger partial charge in [-0.3, -0.25) is 4.90 Å². The summed E-state index contributed by atoms with van der Waals surface area (Å²) in [5.41, 5.74) is 2.89. The molecule has 0 saturated carbocycles. The highest BCUT2D eigenvalue weighted by atomic mass is 32.1. The third-order valence-corrected chi connectivity index (χ3v) is 4.13. The number of nitrogens with zero attached hydrogens (tertiary/aromatic N) is 1. The summed E-state index contributed by atoms with van der Waals surface area (Å²) in [5, 5.41) is 5.68. The molecule has 0 fully saturated rings. The van der Waals surface area contributed by atoms with Crippen LogP contribution in [0.5, 0.6) is 0 Å². The van der Waals surface area contributed by atoms with Crippen LogP contribution in [0.25, 0.3) is 0 Å². The second kappa shape index (κ2) is 7.21. The Morgan fingerprint density at radius 3 is 2.48 bits per heavy atom. The Labute approximate surface area is 132 Å². The maximum absolute atomic E-state index is 3.54. The monoisotopic (exact) mass is 302 g/mol. The van der Waals surface area contributed by atoms with E-state index in [2.05, 4.69) is 79.8 Å². The average Bonchev–Trinajstić information content (AvgIpc) is 2.88. The van der Waals surface area contributed by atoms with E-state index in [-0.39, 0.29) is 5.54 Å². The second-order valence-corrected chi connectivity index (χ2v) is 7.71. The van der Waals surface area contributed by atoms with Crippen LogP contribution in [0.1, 0.15) is 36.8 Å². The van der Waals surface area contributed by atoms with Gasteiger partial charge < -0.3 is 5.32 Å². The molecule has 0 bridgehead atoms. The fourth-order valence-corrected chi connectivity index (χ4v) is 3.03. The van der Waals surface area contributed by atoms with E-state index >= 15 is 0 Å². The van der Waals surface area contributed by atoms with E-state index in [1.165, 1.54) is 16.0 Å². The summed E-state index contributed by atoms with van der Waals surface area (Å²) < 4.78 is 0. The van der Waals surface area contributed by atoms with Crippen LogP contribution in [-0.2, 0) is 19.6 Å². The second-order valence-electron chi connectivity index (χ2n) is 6.68. The van der Waals surface area contributed by atoms with Crippen LogP contribution in [0.3, 0.4) is 0 Å². The van der Waals surface area contributed by atoms with Gasteiger partial charge in [0, 0.05) is 30.1 Å². The van der Waals surface area contributed by atoms with Crippen molar-refractivity contribution in [2.24, 2.45) is 0 Å². The topological polar surface area (TPSA) is 15.3 Å². The van der Waals surface area contributed by atoms with Gasteiger partial charge in [-0.25, -0.2) is 0 Å². The van der Waals surface area contributed by atoms with Crippen molar-refractivity contribution in [3.8, 4) is 0 Å². The van der Waals surface area contributed by atoms with E-state index in [1.54, 1.807) is 0 Å². The predicted octanol–water partition coefficient (Wildman–Crippen LogP) is 4.27. The molecule has 21 heavy (non-hydrogen) atoms. The van der Waals surface area contributed by atoms with Crippen LogP contribution in [0, 0.1) is 0 Å². The van der Waals surface area contributed by atoms with E-state index in [0.29, 0.717) is 0 Å². The Hall–Kier alpha value is -1.16. The van der Waals surface area contributed by atoms with Crippen LogP contribution in [0.2, 0.25) is 0 Å². The molecule has 114 valence electrons. The molecule has 0 saturated heterocycles. The van der Waals surface area contributed by atoms with Crippen molar-refractivity contribution in [2.75, 3.05) is 7.05 Å². The number of hydrogen-bond acceptors (Lipinski definition) is 3. The zero-order valence-corrected chi connectivity index (χ0v) is 14.3. The Balaban J connectivity index is 1.91. The predicted molar refractivity (Wildman–Crippen MR) is 92.5 cm³/mol. The van der Waals surface area contributed by atoms with Gasteiger partial charge in [-0.15, -0.1) is 11.3 Å². The molecule has 0 spiro atoms. The van der Waals surface area contributed by atoms with E-state index in [4.69, 9.17) is 0 Å².